The van der Waals surface area contributed by atoms with E-state index in [0.29, 0.717) is 0 Å². The highest BCUT2D eigenvalue weighted by Crippen LogP contribution is 2.49. The molecule has 3 aromatic rings. The van der Waals surface area contributed by atoms with Crippen molar-refractivity contribution in [3.05, 3.63) is 91.4 Å². The summed E-state index contributed by atoms with van der Waals surface area (Å²) < 4.78 is 34.0. The maximum Gasteiger partial charge on any atom is 0.283 e. The molecule has 29 heavy (non-hydrogen) atoms. The van der Waals surface area contributed by atoms with Crippen molar-refractivity contribution in [1.29, 1.82) is 0 Å². The molecule has 0 spiro atoms. The van der Waals surface area contributed by atoms with Crippen LogP contribution in [0.3, 0.4) is 0 Å². The molecule has 3 rings (SSSR count). The molecule has 5 nitrogen and oxygen atoms in total. The molecule has 1 atom stereocenters. The molecule has 0 aliphatic carbocycles. The largest absolute Gasteiger partial charge is 0.506 e. The summed E-state index contributed by atoms with van der Waals surface area (Å²) >= 11 is 24.2. The van der Waals surface area contributed by atoms with E-state index in [-0.39, 0.29) is 36.8 Å². The highest BCUT2D eigenvalue weighted by molar-refractivity contribution is 7.87. The zero-order valence-electron chi connectivity index (χ0n) is 14.3. The predicted molar refractivity (Wildman–Crippen MR) is 114 cm³/mol. The van der Waals surface area contributed by atoms with Crippen molar-refractivity contribution < 1.29 is 23.2 Å². The van der Waals surface area contributed by atoms with Crippen molar-refractivity contribution in [2.24, 2.45) is 0 Å². The van der Waals surface area contributed by atoms with Gasteiger partial charge < -0.3 is 10.2 Å². The number of hydrogen-bond donors (Lipinski definition) is 3. The van der Waals surface area contributed by atoms with E-state index < -0.39 is 26.4 Å². The van der Waals surface area contributed by atoms with Gasteiger partial charge in [0.15, 0.2) is 4.75 Å². The summed E-state index contributed by atoms with van der Waals surface area (Å²) in [4.78, 5) is 0. The summed E-state index contributed by atoms with van der Waals surface area (Å²) in [5.74, 6) is -1.19. The Morgan fingerprint density at radius 3 is 1.86 bits per heavy atom. The Morgan fingerprint density at radius 1 is 0.759 bits per heavy atom. The fraction of sp³-hybridized carbons (Fsp3) is 0.0526. The van der Waals surface area contributed by atoms with Gasteiger partial charge in [-0.15, -0.1) is 0 Å². The van der Waals surface area contributed by atoms with E-state index in [4.69, 9.17) is 46.4 Å². The third kappa shape index (κ3) is 3.77. The van der Waals surface area contributed by atoms with Crippen molar-refractivity contribution >= 4 is 56.5 Å². The molecular weight excluding hydrogens is 482 g/mol. The van der Waals surface area contributed by atoms with E-state index in [0.717, 1.165) is 12.1 Å². The van der Waals surface area contributed by atoms with Crippen LogP contribution in [0.1, 0.15) is 16.7 Å². The van der Waals surface area contributed by atoms with E-state index in [2.05, 4.69) is 0 Å². The van der Waals surface area contributed by atoms with Gasteiger partial charge in [0.05, 0.1) is 0 Å². The summed E-state index contributed by atoms with van der Waals surface area (Å²) in [6, 6.07) is 11.8. The maximum atomic E-state index is 12.9. The zero-order valence-corrected chi connectivity index (χ0v) is 18.1. The molecule has 0 aliphatic rings. The van der Waals surface area contributed by atoms with Crippen molar-refractivity contribution in [2.75, 3.05) is 0 Å². The van der Waals surface area contributed by atoms with Crippen molar-refractivity contribution in [2.45, 2.75) is 4.75 Å². The molecule has 3 aromatic carbocycles. The van der Waals surface area contributed by atoms with Crippen LogP contribution in [0.4, 0.5) is 0 Å². The lowest BCUT2D eigenvalue weighted by atomic mass is 9.83. The Labute approximate surface area is 186 Å². The topological polar surface area (TPSA) is 94.8 Å². The second kappa shape index (κ2) is 7.87. The van der Waals surface area contributed by atoms with Gasteiger partial charge in [0.25, 0.3) is 10.1 Å². The lowest BCUT2D eigenvalue weighted by Gasteiger charge is -2.33. The van der Waals surface area contributed by atoms with E-state index in [1.807, 2.05) is 0 Å². The molecule has 3 N–H and O–H groups in total. The van der Waals surface area contributed by atoms with Crippen LogP contribution in [-0.2, 0) is 14.9 Å². The molecule has 0 amide bonds. The molecule has 10 heteroatoms. The Morgan fingerprint density at radius 2 is 1.34 bits per heavy atom. The second-order valence-electron chi connectivity index (χ2n) is 6.12. The van der Waals surface area contributed by atoms with Crippen LogP contribution in [-0.4, -0.2) is 23.2 Å². The van der Waals surface area contributed by atoms with Gasteiger partial charge in [-0.1, -0.05) is 64.6 Å². The minimum Gasteiger partial charge on any atom is -0.506 e. The van der Waals surface area contributed by atoms with Gasteiger partial charge in [0.1, 0.15) is 16.5 Å². The number of halogens is 4. The van der Waals surface area contributed by atoms with Crippen molar-refractivity contribution in [1.82, 2.24) is 0 Å². The number of phenolic OH excluding ortho intramolecular Hbond substituents is 2. The Bertz CT molecular complexity index is 1190. The molecule has 0 fully saturated rings. The Balaban J connectivity index is 2.58. The smallest absolute Gasteiger partial charge is 0.283 e. The zero-order chi connectivity index (χ0) is 21.6. The number of rotatable bonds is 4. The van der Waals surface area contributed by atoms with Crippen molar-refractivity contribution in [3.8, 4) is 11.5 Å². The average molecular weight is 494 g/mol. The highest BCUT2D eigenvalue weighted by Gasteiger charge is 2.50. The van der Waals surface area contributed by atoms with Gasteiger partial charge in [-0.3, -0.25) is 4.55 Å². The Kier molecular flexibility index (Phi) is 5.98. The second-order valence-corrected chi connectivity index (χ2v) is 9.34. The van der Waals surface area contributed by atoms with Crippen LogP contribution in [0.2, 0.25) is 20.1 Å². The standard InChI is InChI=1S/C19H12Cl4O5S/c20-12-3-1-2-10(6-12)19(29(26,27)28,14-5-4-13(21)9-15(14)22)11-7-16(24)18(23)17(25)8-11/h1-9,24-25H,(H,26,27,28). The quantitative estimate of drug-likeness (QED) is 0.311. The van der Waals surface area contributed by atoms with Gasteiger partial charge in [0, 0.05) is 20.6 Å². The molecule has 0 aliphatic heterocycles. The molecular formula is C19H12Cl4O5S. The summed E-state index contributed by atoms with van der Waals surface area (Å²) in [6.07, 6.45) is 0. The summed E-state index contributed by atoms with van der Waals surface area (Å²) in [7, 11) is -5.04. The average Bonchev–Trinajstić information content (AvgIpc) is 2.60. The van der Waals surface area contributed by atoms with E-state index in [1.165, 1.54) is 42.5 Å². The lowest BCUT2D eigenvalue weighted by molar-refractivity contribution is 0.444. The maximum absolute atomic E-state index is 12.9. The molecule has 152 valence electrons. The molecule has 0 radical (unpaired) electrons. The van der Waals surface area contributed by atoms with E-state index >= 15 is 0 Å². The first-order valence-corrected chi connectivity index (χ1v) is 10.8. The first-order chi connectivity index (χ1) is 13.5. The van der Waals surface area contributed by atoms with Crippen LogP contribution >= 0.6 is 46.4 Å². The van der Waals surface area contributed by atoms with Crippen molar-refractivity contribution in [3.63, 3.8) is 0 Å². The summed E-state index contributed by atoms with van der Waals surface area (Å²) in [6.45, 7) is 0. The number of benzene rings is 3. The number of aromatic hydroxyl groups is 2. The van der Waals surface area contributed by atoms with Gasteiger partial charge in [-0.05, 0) is 47.5 Å². The molecule has 0 saturated heterocycles. The third-order valence-electron chi connectivity index (χ3n) is 4.37. The van der Waals surface area contributed by atoms with E-state index in [1.54, 1.807) is 0 Å². The van der Waals surface area contributed by atoms with Gasteiger partial charge in [-0.25, -0.2) is 0 Å². The minimum atomic E-state index is -5.04. The molecule has 1 unspecified atom stereocenters. The van der Waals surface area contributed by atoms with Gasteiger partial charge in [-0.2, -0.15) is 8.42 Å². The molecule has 0 bridgehead atoms. The first-order valence-electron chi connectivity index (χ1n) is 7.89. The molecule has 0 heterocycles. The lowest BCUT2D eigenvalue weighted by Crippen LogP contribution is -2.38. The van der Waals surface area contributed by atoms with Crippen LogP contribution in [0.5, 0.6) is 11.5 Å². The number of hydrogen-bond acceptors (Lipinski definition) is 4. The third-order valence-corrected chi connectivity index (χ3v) is 7.00. The van der Waals surface area contributed by atoms with Crippen LogP contribution in [0.15, 0.2) is 54.6 Å². The van der Waals surface area contributed by atoms with E-state index in [9.17, 15) is 23.2 Å². The SMILES string of the molecule is O=S(=O)(O)C(c1cccc(Cl)c1)(c1cc(O)c(Cl)c(O)c1)c1ccc(Cl)cc1Cl. The summed E-state index contributed by atoms with van der Waals surface area (Å²) in [5, 5.41) is 20.2. The van der Waals surface area contributed by atoms with Gasteiger partial charge >= 0.3 is 0 Å². The normalized spacial score (nSPS) is 13.8. The number of phenols is 2. The molecule has 0 aromatic heterocycles. The fourth-order valence-electron chi connectivity index (χ4n) is 3.19. The Hall–Kier alpha value is -1.67. The predicted octanol–water partition coefficient (Wildman–Crippen LogP) is 5.89. The summed E-state index contributed by atoms with van der Waals surface area (Å²) in [5.41, 5.74) is -0.279. The molecule has 0 saturated carbocycles. The van der Waals surface area contributed by atoms with Crippen LogP contribution in [0, 0.1) is 0 Å². The minimum absolute atomic E-state index is 0.0119. The van der Waals surface area contributed by atoms with Crippen LogP contribution in [0.25, 0.3) is 0 Å². The van der Waals surface area contributed by atoms with Gasteiger partial charge in [0.2, 0.25) is 0 Å². The first kappa shape index (κ1) is 22.0. The fourth-order valence-corrected chi connectivity index (χ4v) is 5.40. The monoisotopic (exact) mass is 492 g/mol. The highest BCUT2D eigenvalue weighted by atomic mass is 35.5. The van der Waals surface area contributed by atoms with Crippen LogP contribution < -0.4 is 0 Å².